The van der Waals surface area contributed by atoms with Crippen molar-refractivity contribution >= 4 is 31.9 Å². The van der Waals surface area contributed by atoms with Crippen molar-refractivity contribution in [1.82, 2.24) is 0 Å². The van der Waals surface area contributed by atoms with Crippen LogP contribution in [0, 0.1) is 0 Å². The molecule has 0 saturated carbocycles. The molecule has 0 aliphatic rings. The van der Waals surface area contributed by atoms with Crippen molar-refractivity contribution in [3.63, 3.8) is 0 Å². The van der Waals surface area contributed by atoms with Crippen molar-refractivity contribution in [1.29, 1.82) is 0 Å². The van der Waals surface area contributed by atoms with Gasteiger partial charge in [-0.1, -0.05) is 65.6 Å². The molecular weight excluding hydrogens is 335 g/mol. The van der Waals surface area contributed by atoms with Crippen LogP contribution in [0.5, 0.6) is 0 Å². The van der Waals surface area contributed by atoms with E-state index in [2.05, 4.69) is 59.2 Å². The van der Waals surface area contributed by atoms with Crippen molar-refractivity contribution in [2.24, 2.45) is 0 Å². The summed E-state index contributed by atoms with van der Waals surface area (Å²) in [6.07, 6.45) is 6.08. The quantitative estimate of drug-likeness (QED) is 0.393. The lowest BCUT2D eigenvalue weighted by Gasteiger charge is -1.66. The van der Waals surface area contributed by atoms with Crippen LogP contribution < -0.4 is 0 Å². The molecule has 0 atom stereocenters. The minimum atomic E-state index is -0.181. The molecule has 0 heterocycles. The van der Waals surface area contributed by atoms with E-state index in [0.29, 0.717) is 6.42 Å². The summed E-state index contributed by atoms with van der Waals surface area (Å²) < 4.78 is 10.7. The van der Waals surface area contributed by atoms with Gasteiger partial charge < -0.3 is 0 Å². The van der Waals surface area contributed by atoms with Crippen LogP contribution in [0.4, 0.5) is 4.39 Å². The van der Waals surface area contributed by atoms with E-state index in [1.165, 1.54) is 12.8 Å². The fourth-order valence-electron chi connectivity index (χ4n) is 0. The highest BCUT2D eigenvalue weighted by Crippen LogP contribution is 1.80. The summed E-state index contributed by atoms with van der Waals surface area (Å²) in [5.41, 5.74) is 0. The van der Waals surface area contributed by atoms with E-state index in [9.17, 15) is 4.39 Å². The lowest BCUT2D eigenvalue weighted by Crippen LogP contribution is -1.58. The van der Waals surface area contributed by atoms with Gasteiger partial charge in [0.05, 0.1) is 6.67 Å². The van der Waals surface area contributed by atoms with Crippen LogP contribution >= 0.6 is 31.9 Å². The maximum absolute atomic E-state index is 10.7. The SMILES string of the molecule is C=CCC.CCCBr.CCCBr.CCCF. The van der Waals surface area contributed by atoms with E-state index < -0.39 is 0 Å². The van der Waals surface area contributed by atoms with Crippen LogP contribution in [0.2, 0.25) is 0 Å². The molecule has 102 valence electrons. The first-order valence-corrected chi connectivity index (χ1v) is 8.19. The number of alkyl halides is 3. The molecule has 3 heteroatoms. The molecule has 0 nitrogen and oxygen atoms in total. The number of rotatable bonds is 4. The summed E-state index contributed by atoms with van der Waals surface area (Å²) >= 11 is 6.50. The lowest BCUT2D eigenvalue weighted by molar-refractivity contribution is 0.487. The molecule has 0 aromatic carbocycles. The monoisotopic (exact) mass is 362 g/mol. The van der Waals surface area contributed by atoms with Crippen LogP contribution in [0.15, 0.2) is 12.7 Å². The molecule has 0 fully saturated rings. The minimum absolute atomic E-state index is 0.181. The standard InChI is InChI=1S/C4H8.2C3H7Br.C3H7F/c1-3-4-2;3*1-2-3-4/h3H,1,4H2,2H3;3*2-3H2,1H3. The summed E-state index contributed by atoms with van der Waals surface area (Å²) in [4.78, 5) is 0. The number of allylic oxidation sites excluding steroid dienone is 1. The van der Waals surface area contributed by atoms with Gasteiger partial charge in [0.25, 0.3) is 0 Å². The zero-order valence-corrected chi connectivity index (χ0v) is 14.5. The van der Waals surface area contributed by atoms with Crippen molar-refractivity contribution < 1.29 is 4.39 Å². The normalized spacial score (nSPS) is 7.19. The summed E-state index contributed by atoms with van der Waals surface area (Å²) in [5.74, 6) is 0. The summed E-state index contributed by atoms with van der Waals surface area (Å²) in [5, 5.41) is 2.26. The van der Waals surface area contributed by atoms with Gasteiger partial charge in [0.1, 0.15) is 0 Å². The van der Waals surface area contributed by atoms with Gasteiger partial charge in [0.2, 0.25) is 0 Å². The molecule has 0 unspecified atom stereocenters. The summed E-state index contributed by atoms with van der Waals surface area (Å²) in [6, 6.07) is 0. The first kappa shape index (κ1) is 25.5. The van der Waals surface area contributed by atoms with E-state index in [1.807, 2.05) is 6.08 Å². The molecule has 0 aliphatic heterocycles. The highest BCUT2D eigenvalue weighted by Gasteiger charge is 1.60. The Balaban J connectivity index is -0.0000000600. The number of hydrogen-bond donors (Lipinski definition) is 0. The van der Waals surface area contributed by atoms with Crippen molar-refractivity contribution in [2.45, 2.75) is 53.4 Å². The van der Waals surface area contributed by atoms with Crippen LogP contribution in [-0.4, -0.2) is 17.3 Å². The second-order valence-corrected chi connectivity index (χ2v) is 4.35. The maximum Gasteiger partial charge on any atom is 0.0891 e. The van der Waals surface area contributed by atoms with Gasteiger partial charge >= 0.3 is 0 Å². The van der Waals surface area contributed by atoms with Gasteiger partial charge in [-0.3, -0.25) is 4.39 Å². The summed E-state index contributed by atoms with van der Waals surface area (Å²) in [7, 11) is 0. The van der Waals surface area contributed by atoms with Gasteiger partial charge in [-0.25, -0.2) is 0 Å². The van der Waals surface area contributed by atoms with Crippen molar-refractivity contribution in [3.05, 3.63) is 12.7 Å². The highest BCUT2D eigenvalue weighted by molar-refractivity contribution is 9.09. The molecule has 0 aromatic heterocycles. The lowest BCUT2D eigenvalue weighted by atomic mass is 10.5. The third-order valence-electron chi connectivity index (χ3n) is 0.856. The van der Waals surface area contributed by atoms with Crippen LogP contribution in [0.1, 0.15) is 53.4 Å². The molecule has 0 amide bonds. The predicted octanol–water partition coefficient (Wildman–Crippen LogP) is 6.53. The van der Waals surface area contributed by atoms with Gasteiger partial charge in [-0.15, -0.1) is 6.58 Å². The zero-order valence-electron chi connectivity index (χ0n) is 11.4. The molecule has 0 bridgehead atoms. The van der Waals surface area contributed by atoms with Crippen LogP contribution in [0.25, 0.3) is 0 Å². The Labute approximate surface area is 119 Å². The van der Waals surface area contributed by atoms with Crippen molar-refractivity contribution in [3.8, 4) is 0 Å². The van der Waals surface area contributed by atoms with Gasteiger partial charge in [0.15, 0.2) is 0 Å². The topological polar surface area (TPSA) is 0 Å². The van der Waals surface area contributed by atoms with Crippen LogP contribution in [-0.2, 0) is 0 Å². The Hall–Kier alpha value is 0.630. The highest BCUT2D eigenvalue weighted by atomic mass is 79.9. The molecule has 16 heavy (non-hydrogen) atoms. The first-order valence-electron chi connectivity index (χ1n) is 5.95. The second kappa shape index (κ2) is 44.9. The fraction of sp³-hybridized carbons (Fsp3) is 0.846. The Morgan fingerprint density at radius 3 is 1.12 bits per heavy atom. The molecule has 0 saturated heterocycles. The Morgan fingerprint density at radius 1 is 0.938 bits per heavy atom. The van der Waals surface area contributed by atoms with Gasteiger partial charge in [-0.05, 0) is 25.7 Å². The third-order valence-corrected chi connectivity index (χ3v) is 2.44. The van der Waals surface area contributed by atoms with E-state index in [-0.39, 0.29) is 6.67 Å². The molecule has 0 aliphatic carbocycles. The zero-order chi connectivity index (χ0) is 13.7. The molecule has 0 spiro atoms. The van der Waals surface area contributed by atoms with Gasteiger partial charge in [-0.2, -0.15) is 0 Å². The Bertz CT molecular complexity index is 62.8. The fourth-order valence-corrected chi connectivity index (χ4v) is 0. The van der Waals surface area contributed by atoms with E-state index in [4.69, 9.17) is 0 Å². The van der Waals surface area contributed by atoms with E-state index >= 15 is 0 Å². The number of hydrogen-bond acceptors (Lipinski definition) is 0. The molecule has 0 N–H and O–H groups in total. The molecular formula is C13H29Br2F. The number of halogens is 3. The third kappa shape index (κ3) is 127. The molecule has 0 radical (unpaired) electrons. The largest absolute Gasteiger partial charge is 0.251 e. The predicted molar refractivity (Wildman–Crippen MR) is 84.9 cm³/mol. The second-order valence-electron chi connectivity index (χ2n) is 2.76. The Kier molecular flexibility index (Phi) is 71.5. The van der Waals surface area contributed by atoms with E-state index in [0.717, 1.165) is 17.1 Å². The first-order chi connectivity index (χ1) is 7.66. The van der Waals surface area contributed by atoms with E-state index in [1.54, 1.807) is 6.92 Å². The smallest absolute Gasteiger partial charge is 0.0891 e. The Morgan fingerprint density at radius 2 is 1.12 bits per heavy atom. The van der Waals surface area contributed by atoms with Gasteiger partial charge in [0, 0.05) is 10.7 Å². The van der Waals surface area contributed by atoms with Crippen LogP contribution in [0.3, 0.4) is 0 Å². The average molecular weight is 364 g/mol. The molecule has 0 aromatic rings. The minimum Gasteiger partial charge on any atom is -0.251 e. The molecule has 0 rings (SSSR count). The maximum atomic E-state index is 10.7. The average Bonchev–Trinajstić information content (AvgIpc) is 2.39. The van der Waals surface area contributed by atoms with Crippen molar-refractivity contribution in [2.75, 3.05) is 17.3 Å². The summed E-state index contributed by atoms with van der Waals surface area (Å²) in [6.45, 7) is 11.4.